The summed E-state index contributed by atoms with van der Waals surface area (Å²) in [6, 6.07) is 8.19. The molecule has 2 aliphatic rings. The lowest BCUT2D eigenvalue weighted by atomic mass is 9.86. The minimum Gasteiger partial charge on any atom is -0.356 e. The maximum absolute atomic E-state index is 4.64. The molecular weight excluding hydrogens is 425 g/mol. The van der Waals surface area contributed by atoms with E-state index < -0.39 is 0 Å². The molecule has 1 spiro atoms. The lowest BCUT2D eigenvalue weighted by molar-refractivity contribution is 0.309. The minimum atomic E-state index is 0. The van der Waals surface area contributed by atoms with Crippen molar-refractivity contribution in [2.24, 2.45) is 10.4 Å². The summed E-state index contributed by atoms with van der Waals surface area (Å²) in [6.45, 7) is 3.18. The summed E-state index contributed by atoms with van der Waals surface area (Å²) in [7, 11) is 1.89. The highest BCUT2D eigenvalue weighted by Crippen LogP contribution is 2.45. The molecule has 2 aromatic rings. The van der Waals surface area contributed by atoms with Crippen molar-refractivity contribution in [3.8, 4) is 0 Å². The minimum absolute atomic E-state index is 0. The van der Waals surface area contributed by atoms with Gasteiger partial charge in [0.25, 0.3) is 0 Å². The predicted molar refractivity (Wildman–Crippen MR) is 114 cm³/mol. The monoisotopic (exact) mass is 453 g/mol. The zero-order valence-corrected chi connectivity index (χ0v) is 17.3. The van der Waals surface area contributed by atoms with E-state index in [2.05, 4.69) is 31.2 Å². The second-order valence-electron chi connectivity index (χ2n) is 7.30. The van der Waals surface area contributed by atoms with Crippen molar-refractivity contribution in [3.63, 3.8) is 0 Å². The fourth-order valence-corrected chi connectivity index (χ4v) is 4.40. The van der Waals surface area contributed by atoms with Crippen LogP contribution >= 0.6 is 24.0 Å². The zero-order chi connectivity index (χ0) is 16.4. The van der Waals surface area contributed by atoms with Gasteiger partial charge in [-0.05, 0) is 36.8 Å². The van der Waals surface area contributed by atoms with Gasteiger partial charge in [-0.25, -0.2) is 4.98 Å². The Hall–Kier alpha value is -1.31. The summed E-state index contributed by atoms with van der Waals surface area (Å²) in [5, 5.41) is 3.53. The van der Waals surface area contributed by atoms with Crippen LogP contribution in [0.4, 0.5) is 0 Å². The molecule has 1 aromatic carbocycles. The number of hydrogen-bond acceptors (Lipinski definition) is 2. The highest BCUT2D eigenvalue weighted by molar-refractivity contribution is 14.0. The molecule has 0 atom stereocenters. The van der Waals surface area contributed by atoms with Gasteiger partial charge in [0, 0.05) is 33.1 Å². The van der Waals surface area contributed by atoms with Crippen molar-refractivity contribution >= 4 is 41.0 Å². The largest absolute Gasteiger partial charge is 0.356 e. The van der Waals surface area contributed by atoms with Crippen molar-refractivity contribution in [3.05, 3.63) is 30.1 Å². The van der Waals surface area contributed by atoms with E-state index in [1.54, 1.807) is 0 Å². The molecule has 6 heteroatoms. The Kier molecular flexibility index (Phi) is 5.86. The molecule has 1 aromatic heterocycles. The van der Waals surface area contributed by atoms with Crippen molar-refractivity contribution in [1.29, 1.82) is 0 Å². The van der Waals surface area contributed by atoms with Crippen molar-refractivity contribution < 1.29 is 0 Å². The van der Waals surface area contributed by atoms with Gasteiger partial charge >= 0.3 is 0 Å². The molecule has 2 heterocycles. The lowest BCUT2D eigenvalue weighted by Crippen LogP contribution is -2.41. The second kappa shape index (κ2) is 7.93. The first-order valence-corrected chi connectivity index (χ1v) is 9.17. The molecule has 4 rings (SSSR count). The molecule has 1 saturated carbocycles. The molecule has 0 bridgehead atoms. The number of aromatic nitrogens is 2. The maximum atomic E-state index is 4.64. The number of para-hydroxylation sites is 2. The van der Waals surface area contributed by atoms with E-state index in [1.165, 1.54) is 38.6 Å². The summed E-state index contributed by atoms with van der Waals surface area (Å²) in [5.74, 6) is 2.09. The Morgan fingerprint density at radius 2 is 2.08 bits per heavy atom. The van der Waals surface area contributed by atoms with Crippen molar-refractivity contribution in [2.75, 3.05) is 26.7 Å². The fraction of sp³-hybridized carbons (Fsp3) is 0.579. The van der Waals surface area contributed by atoms with Gasteiger partial charge in [-0.3, -0.25) is 4.99 Å². The summed E-state index contributed by atoms with van der Waals surface area (Å²) >= 11 is 0. The van der Waals surface area contributed by atoms with E-state index in [-0.39, 0.29) is 24.0 Å². The van der Waals surface area contributed by atoms with E-state index >= 15 is 0 Å². The predicted octanol–water partition coefficient (Wildman–Crippen LogP) is 3.56. The molecule has 1 aliphatic heterocycles. The number of rotatable bonds is 3. The standard InChI is InChI=1S/C19H27N5.HI/c1-20-18(24-13-11-19(14-24)9-4-5-10-19)21-12-8-17-22-15-6-2-3-7-16(15)23-17;/h2-3,6-7H,4-5,8-14H2,1H3,(H,20,21)(H,22,23);1H. The fourth-order valence-electron chi connectivity index (χ4n) is 4.40. The number of nitrogens with one attached hydrogen (secondary N) is 2. The topological polar surface area (TPSA) is 56.3 Å². The van der Waals surface area contributed by atoms with Gasteiger partial charge in [0.15, 0.2) is 5.96 Å². The number of benzene rings is 1. The second-order valence-corrected chi connectivity index (χ2v) is 7.30. The molecule has 2 N–H and O–H groups in total. The van der Waals surface area contributed by atoms with Crippen LogP contribution in [0, 0.1) is 5.41 Å². The summed E-state index contributed by atoms with van der Waals surface area (Å²) in [6.07, 6.45) is 7.83. The van der Waals surface area contributed by atoms with Gasteiger partial charge in [0.1, 0.15) is 5.82 Å². The first kappa shape index (κ1) is 18.5. The van der Waals surface area contributed by atoms with Crippen LogP contribution in [-0.4, -0.2) is 47.5 Å². The number of guanidine groups is 1. The highest BCUT2D eigenvalue weighted by atomic mass is 127. The SMILES string of the molecule is CN=C(NCCc1nc2ccccc2[nH]1)N1CCC2(CCCC2)C1.I. The third-order valence-electron chi connectivity index (χ3n) is 5.70. The van der Waals surface area contributed by atoms with Crippen LogP contribution in [0.2, 0.25) is 0 Å². The van der Waals surface area contributed by atoms with Crippen LogP contribution in [0.25, 0.3) is 11.0 Å². The Morgan fingerprint density at radius 1 is 1.28 bits per heavy atom. The number of likely N-dealkylation sites (tertiary alicyclic amines) is 1. The lowest BCUT2D eigenvalue weighted by Gasteiger charge is -2.25. The average molecular weight is 453 g/mol. The quantitative estimate of drug-likeness (QED) is 0.425. The van der Waals surface area contributed by atoms with Gasteiger partial charge < -0.3 is 15.2 Å². The van der Waals surface area contributed by atoms with E-state index in [0.29, 0.717) is 5.41 Å². The molecular formula is C19H28IN5. The van der Waals surface area contributed by atoms with Crippen LogP contribution in [0.3, 0.4) is 0 Å². The van der Waals surface area contributed by atoms with Gasteiger partial charge in [-0.2, -0.15) is 0 Å². The van der Waals surface area contributed by atoms with E-state index in [0.717, 1.165) is 42.3 Å². The van der Waals surface area contributed by atoms with Crippen molar-refractivity contribution in [1.82, 2.24) is 20.2 Å². The number of hydrogen-bond donors (Lipinski definition) is 2. The summed E-state index contributed by atoms with van der Waals surface area (Å²) in [5.41, 5.74) is 2.73. The van der Waals surface area contributed by atoms with Crippen LogP contribution in [0.5, 0.6) is 0 Å². The highest BCUT2D eigenvalue weighted by Gasteiger charge is 2.40. The average Bonchev–Trinajstić information content (AvgIpc) is 3.32. The van der Waals surface area contributed by atoms with Gasteiger partial charge in [0.05, 0.1) is 11.0 Å². The molecule has 136 valence electrons. The Balaban J connectivity index is 0.00000182. The van der Waals surface area contributed by atoms with E-state index in [9.17, 15) is 0 Å². The smallest absolute Gasteiger partial charge is 0.193 e. The molecule has 0 radical (unpaired) electrons. The number of aliphatic imine (C=N–C) groups is 1. The molecule has 1 saturated heterocycles. The molecule has 2 fully saturated rings. The number of aromatic amines is 1. The Bertz CT molecular complexity index is 699. The number of H-pyrrole nitrogens is 1. The van der Waals surface area contributed by atoms with Crippen molar-refractivity contribution in [2.45, 2.75) is 38.5 Å². The van der Waals surface area contributed by atoms with Gasteiger partial charge in [-0.15, -0.1) is 24.0 Å². The van der Waals surface area contributed by atoms with Crippen LogP contribution < -0.4 is 5.32 Å². The maximum Gasteiger partial charge on any atom is 0.193 e. The Labute approximate surface area is 166 Å². The molecule has 1 aliphatic carbocycles. The van der Waals surface area contributed by atoms with Gasteiger partial charge in [-0.1, -0.05) is 25.0 Å². The normalized spacial score (nSPS) is 19.6. The zero-order valence-electron chi connectivity index (χ0n) is 14.9. The first-order valence-electron chi connectivity index (χ1n) is 9.17. The number of halogens is 1. The summed E-state index contributed by atoms with van der Waals surface area (Å²) < 4.78 is 0. The number of imidazole rings is 1. The first-order chi connectivity index (χ1) is 11.8. The molecule has 5 nitrogen and oxygen atoms in total. The molecule has 0 unspecified atom stereocenters. The van der Waals surface area contributed by atoms with Crippen LogP contribution in [-0.2, 0) is 6.42 Å². The number of fused-ring (bicyclic) bond motifs is 1. The molecule has 0 amide bonds. The third-order valence-corrected chi connectivity index (χ3v) is 5.70. The van der Waals surface area contributed by atoms with Crippen LogP contribution in [0.1, 0.15) is 37.9 Å². The molecule has 25 heavy (non-hydrogen) atoms. The van der Waals surface area contributed by atoms with Crippen LogP contribution in [0.15, 0.2) is 29.3 Å². The van der Waals surface area contributed by atoms with Gasteiger partial charge in [0.2, 0.25) is 0 Å². The van der Waals surface area contributed by atoms with E-state index in [4.69, 9.17) is 0 Å². The third kappa shape index (κ3) is 3.93. The van der Waals surface area contributed by atoms with E-state index in [1.807, 2.05) is 25.2 Å². The Morgan fingerprint density at radius 3 is 2.84 bits per heavy atom. The summed E-state index contributed by atoms with van der Waals surface area (Å²) in [4.78, 5) is 15.0. The number of nitrogens with zero attached hydrogens (tertiary/aromatic N) is 3.